The maximum absolute atomic E-state index is 12.7. The molecule has 324 valence electrons. The number of likely N-dealkylation sites (N-methyl/N-ethyl adjacent to an activating group) is 1. The molecule has 0 saturated heterocycles. The lowest BCUT2D eigenvalue weighted by atomic mass is 10.1. The number of phosphoric ester groups is 1. The summed E-state index contributed by atoms with van der Waals surface area (Å²) in [4.78, 5) is 35.3. The zero-order valence-electron chi connectivity index (χ0n) is 36.3. The fraction of sp³-hybridized carbons (Fsp3) is 0.739. The summed E-state index contributed by atoms with van der Waals surface area (Å²) in [5.74, 6) is -0.900. The number of carbonyl (C=O) groups is 2. The van der Waals surface area contributed by atoms with E-state index in [2.05, 4.69) is 74.6 Å². The van der Waals surface area contributed by atoms with Crippen molar-refractivity contribution < 1.29 is 42.1 Å². The second kappa shape index (κ2) is 38.2. The highest BCUT2D eigenvalue weighted by Gasteiger charge is 2.27. The SMILES string of the molecule is CCCCC/C=C/C/C=C/C/C=C/CCCCC(=O)O[C@H](COC(=O)CCC/C=C/C/C=C/CCCCCCCCCCC)COP(=O)(O)OCC[N+](C)(C)C. The third-order valence-corrected chi connectivity index (χ3v) is 10.0. The molecule has 0 rings (SSSR count). The van der Waals surface area contributed by atoms with E-state index in [-0.39, 0.29) is 26.1 Å². The number of quaternary nitrogens is 1. The van der Waals surface area contributed by atoms with E-state index in [4.69, 9.17) is 18.5 Å². The summed E-state index contributed by atoms with van der Waals surface area (Å²) in [6.45, 7) is 4.29. The largest absolute Gasteiger partial charge is 0.472 e. The van der Waals surface area contributed by atoms with E-state index in [0.29, 0.717) is 23.9 Å². The maximum Gasteiger partial charge on any atom is 0.472 e. The number of nitrogens with zero attached hydrogens (tertiary/aromatic N) is 1. The molecule has 9 nitrogen and oxygen atoms in total. The Kier molecular flexibility index (Phi) is 36.7. The van der Waals surface area contributed by atoms with Gasteiger partial charge in [-0.3, -0.25) is 18.6 Å². The second-order valence-electron chi connectivity index (χ2n) is 15.7. The Hall–Kier alpha value is -2.29. The van der Waals surface area contributed by atoms with Crippen molar-refractivity contribution in [1.29, 1.82) is 0 Å². The van der Waals surface area contributed by atoms with Crippen LogP contribution in [0.4, 0.5) is 0 Å². The van der Waals surface area contributed by atoms with Crippen LogP contribution in [0.2, 0.25) is 0 Å². The summed E-state index contributed by atoms with van der Waals surface area (Å²) in [6, 6.07) is 0. The van der Waals surface area contributed by atoms with Gasteiger partial charge in [0.25, 0.3) is 0 Å². The molecule has 0 aliphatic heterocycles. The molecule has 2 atom stereocenters. The lowest BCUT2D eigenvalue weighted by Crippen LogP contribution is -2.37. The van der Waals surface area contributed by atoms with Gasteiger partial charge in [0.1, 0.15) is 19.8 Å². The second-order valence-corrected chi connectivity index (χ2v) is 17.2. The monoisotopic (exact) mass is 809 g/mol. The lowest BCUT2D eigenvalue weighted by Gasteiger charge is -2.24. The molecule has 0 saturated carbocycles. The molecule has 1 unspecified atom stereocenters. The molecule has 56 heavy (non-hydrogen) atoms. The number of allylic oxidation sites excluding steroid dienone is 10. The number of hydrogen-bond acceptors (Lipinski definition) is 7. The van der Waals surface area contributed by atoms with Gasteiger partial charge in [-0.25, -0.2) is 4.57 Å². The molecule has 0 aromatic carbocycles. The number of rotatable bonds is 39. The van der Waals surface area contributed by atoms with Gasteiger partial charge in [-0.05, 0) is 77.0 Å². The molecule has 0 fully saturated rings. The average molecular weight is 809 g/mol. The lowest BCUT2D eigenvalue weighted by molar-refractivity contribution is -0.870. The van der Waals surface area contributed by atoms with Crippen LogP contribution in [0.1, 0.15) is 168 Å². The van der Waals surface area contributed by atoms with Crippen molar-refractivity contribution in [3.05, 3.63) is 60.8 Å². The Labute approximate surface area is 343 Å². The molecule has 0 aliphatic carbocycles. The van der Waals surface area contributed by atoms with Crippen LogP contribution in [-0.4, -0.2) is 74.9 Å². The number of ether oxygens (including phenoxy) is 2. The van der Waals surface area contributed by atoms with Crippen LogP contribution in [0.25, 0.3) is 0 Å². The highest BCUT2D eigenvalue weighted by Crippen LogP contribution is 2.43. The van der Waals surface area contributed by atoms with Crippen molar-refractivity contribution in [1.82, 2.24) is 0 Å². The molecular weight excluding hydrogens is 725 g/mol. The number of phosphoric acid groups is 1. The van der Waals surface area contributed by atoms with E-state index in [9.17, 15) is 19.0 Å². The van der Waals surface area contributed by atoms with Crippen LogP contribution in [-0.2, 0) is 32.7 Å². The normalized spacial score (nSPS) is 14.2. The van der Waals surface area contributed by atoms with Crippen LogP contribution < -0.4 is 0 Å². The zero-order valence-corrected chi connectivity index (χ0v) is 37.2. The first-order valence-corrected chi connectivity index (χ1v) is 23.5. The van der Waals surface area contributed by atoms with Gasteiger partial charge >= 0.3 is 19.8 Å². The first-order chi connectivity index (χ1) is 27.0. The quantitative estimate of drug-likeness (QED) is 0.0215. The highest BCUT2D eigenvalue weighted by atomic mass is 31.2. The zero-order chi connectivity index (χ0) is 41.4. The molecule has 0 amide bonds. The minimum absolute atomic E-state index is 0.0160. The summed E-state index contributed by atoms with van der Waals surface area (Å²) in [6.07, 6.45) is 45.7. The first kappa shape index (κ1) is 53.7. The standard InChI is InChI=1S/C46H82NO8P/c1-6-8-10-12-14-16-18-20-22-23-25-26-28-30-32-34-36-38-45(48)52-42-44(43-54-56(50,51)53-41-40-47(3,4)5)55-46(49)39-37-35-33-31-29-27-24-21-19-17-15-13-11-9-7-2/h15,17,21,24-26,29-32,44H,6-14,16,18-20,22-23,27-28,33-43H2,1-5H3/p+1/b17-15+,24-21+,26-25+,31-29+,32-30+/t44-/m1/s1. The first-order valence-electron chi connectivity index (χ1n) is 22.0. The molecule has 0 radical (unpaired) electrons. The molecule has 1 N–H and O–H groups in total. The van der Waals surface area contributed by atoms with E-state index in [0.717, 1.165) is 51.4 Å². The Morgan fingerprint density at radius 2 is 0.982 bits per heavy atom. The Balaban J connectivity index is 4.50. The highest BCUT2D eigenvalue weighted by molar-refractivity contribution is 7.47. The van der Waals surface area contributed by atoms with Crippen molar-refractivity contribution in [2.45, 2.75) is 174 Å². The number of carbonyl (C=O) groups excluding carboxylic acids is 2. The molecule has 0 aromatic heterocycles. The summed E-state index contributed by atoms with van der Waals surface area (Å²) in [5, 5.41) is 0. The maximum atomic E-state index is 12.7. The fourth-order valence-electron chi connectivity index (χ4n) is 5.53. The van der Waals surface area contributed by atoms with Crippen LogP contribution in [0, 0.1) is 0 Å². The van der Waals surface area contributed by atoms with Gasteiger partial charge in [0.05, 0.1) is 27.7 Å². The number of hydrogen-bond donors (Lipinski definition) is 1. The molecule has 0 aliphatic rings. The summed E-state index contributed by atoms with van der Waals surface area (Å²) in [7, 11) is 1.42. The van der Waals surface area contributed by atoms with Crippen LogP contribution >= 0.6 is 7.82 Å². The molecule has 0 aromatic rings. The van der Waals surface area contributed by atoms with Crippen molar-refractivity contribution in [3.8, 4) is 0 Å². The van der Waals surface area contributed by atoms with Crippen molar-refractivity contribution in [2.75, 3.05) is 47.5 Å². The van der Waals surface area contributed by atoms with Gasteiger partial charge in [0.2, 0.25) is 0 Å². The van der Waals surface area contributed by atoms with Crippen LogP contribution in [0.3, 0.4) is 0 Å². The smallest absolute Gasteiger partial charge is 0.462 e. The Morgan fingerprint density at radius 3 is 1.52 bits per heavy atom. The van der Waals surface area contributed by atoms with Crippen molar-refractivity contribution in [2.24, 2.45) is 0 Å². The summed E-state index contributed by atoms with van der Waals surface area (Å²) in [5.41, 5.74) is 0. The Morgan fingerprint density at radius 1 is 0.554 bits per heavy atom. The van der Waals surface area contributed by atoms with E-state index in [1.807, 2.05) is 21.1 Å². The topological polar surface area (TPSA) is 108 Å². The molecule has 0 heterocycles. The third-order valence-electron chi connectivity index (χ3n) is 9.02. The van der Waals surface area contributed by atoms with Gasteiger partial charge in [-0.2, -0.15) is 0 Å². The predicted octanol–water partition coefficient (Wildman–Crippen LogP) is 12.5. The van der Waals surface area contributed by atoms with Crippen LogP contribution in [0.15, 0.2) is 60.8 Å². The predicted molar refractivity (Wildman–Crippen MR) is 233 cm³/mol. The molecule has 0 bridgehead atoms. The minimum Gasteiger partial charge on any atom is -0.462 e. The average Bonchev–Trinajstić information content (AvgIpc) is 3.15. The van der Waals surface area contributed by atoms with E-state index in [1.54, 1.807) is 0 Å². The van der Waals surface area contributed by atoms with Crippen LogP contribution in [0.5, 0.6) is 0 Å². The Bertz CT molecular complexity index is 1140. The molecule has 10 heteroatoms. The number of esters is 2. The van der Waals surface area contributed by atoms with Crippen molar-refractivity contribution >= 4 is 19.8 Å². The van der Waals surface area contributed by atoms with Crippen molar-refractivity contribution in [3.63, 3.8) is 0 Å². The van der Waals surface area contributed by atoms with Gasteiger partial charge < -0.3 is 18.9 Å². The van der Waals surface area contributed by atoms with E-state index >= 15 is 0 Å². The number of unbranched alkanes of at least 4 members (excludes halogenated alkanes) is 15. The fourth-order valence-corrected chi connectivity index (χ4v) is 6.27. The molecule has 0 spiro atoms. The van der Waals surface area contributed by atoms with Gasteiger partial charge in [-0.15, -0.1) is 0 Å². The van der Waals surface area contributed by atoms with Gasteiger partial charge in [0, 0.05) is 12.8 Å². The summed E-state index contributed by atoms with van der Waals surface area (Å²) < 4.78 is 34.2. The van der Waals surface area contributed by atoms with Gasteiger partial charge in [-0.1, -0.05) is 139 Å². The minimum atomic E-state index is -4.40. The van der Waals surface area contributed by atoms with E-state index < -0.39 is 32.5 Å². The molecular formula is C46H83NO8P+. The third kappa shape index (κ3) is 41.3. The van der Waals surface area contributed by atoms with Gasteiger partial charge in [0.15, 0.2) is 6.10 Å². The van der Waals surface area contributed by atoms with E-state index in [1.165, 1.54) is 77.0 Å². The summed E-state index contributed by atoms with van der Waals surface area (Å²) >= 11 is 0.